The zero-order chi connectivity index (χ0) is 15.8. The van der Waals surface area contributed by atoms with Gasteiger partial charge >= 0.3 is 5.97 Å². The van der Waals surface area contributed by atoms with Crippen LogP contribution in [0.4, 0.5) is 0 Å². The van der Waals surface area contributed by atoms with E-state index in [1.165, 1.54) is 11.3 Å². The van der Waals surface area contributed by atoms with Gasteiger partial charge in [0.05, 0.1) is 20.6 Å². The molecule has 4 nitrogen and oxygen atoms in total. The number of likely N-dealkylation sites (N-methyl/N-ethyl adjacent to an activating group) is 1. The first kappa shape index (κ1) is 16.0. The molecule has 0 spiro atoms. The van der Waals surface area contributed by atoms with Crippen LogP contribution in [0, 0.1) is 5.92 Å². The van der Waals surface area contributed by atoms with Gasteiger partial charge < -0.3 is 14.3 Å². The van der Waals surface area contributed by atoms with E-state index in [2.05, 4.69) is 14.1 Å². The minimum Gasteiger partial charge on any atom is -0.454 e. The number of quaternary nitrogens is 1. The number of hydrogen-bond acceptors (Lipinski definition) is 4. The summed E-state index contributed by atoms with van der Waals surface area (Å²) < 4.78 is 6.62. The molecule has 1 saturated carbocycles. The second-order valence-corrected chi connectivity index (χ2v) is 8.33. The van der Waals surface area contributed by atoms with Crippen LogP contribution in [0.2, 0.25) is 0 Å². The monoisotopic (exact) mass is 324 g/mol. The molecule has 3 rings (SSSR count). The van der Waals surface area contributed by atoms with E-state index in [0.29, 0.717) is 0 Å². The molecule has 1 unspecified atom stereocenters. The van der Waals surface area contributed by atoms with Crippen molar-refractivity contribution in [2.45, 2.75) is 43.8 Å². The van der Waals surface area contributed by atoms with Gasteiger partial charge in [0.25, 0.3) is 0 Å². The Morgan fingerprint density at radius 1 is 1.36 bits per heavy atom. The number of carbonyl (C=O) groups excluding carboxylic acids is 1. The summed E-state index contributed by atoms with van der Waals surface area (Å²) in [6.07, 6.45) is 4.77. The number of likely N-dealkylation sites (tertiary alicyclic amines) is 1. The van der Waals surface area contributed by atoms with Crippen LogP contribution in [0.5, 0.6) is 0 Å². The molecule has 5 heteroatoms. The number of carbonyl (C=O) groups is 1. The summed E-state index contributed by atoms with van der Waals surface area (Å²) in [7, 11) is 4.30. The first-order valence-corrected chi connectivity index (χ1v) is 9.09. The fourth-order valence-corrected chi connectivity index (χ4v) is 4.76. The maximum atomic E-state index is 12.8. The maximum absolute atomic E-state index is 12.8. The quantitative estimate of drug-likeness (QED) is 0.684. The van der Waals surface area contributed by atoms with Crippen molar-refractivity contribution >= 4 is 17.3 Å². The van der Waals surface area contributed by atoms with Crippen LogP contribution >= 0.6 is 11.3 Å². The van der Waals surface area contributed by atoms with Gasteiger partial charge in [-0.1, -0.05) is 18.9 Å². The summed E-state index contributed by atoms with van der Waals surface area (Å²) in [5.74, 6) is -0.448. The topological polar surface area (TPSA) is 46.5 Å². The second-order valence-electron chi connectivity index (χ2n) is 7.38. The molecule has 0 radical (unpaired) electrons. The number of thiophene rings is 1. The SMILES string of the molecule is C[N+]1(C)CC[C@H](OC(=O)C(O)(c2cccs2)C2CCCC2)C1. The predicted molar refractivity (Wildman–Crippen MR) is 86.5 cm³/mol. The molecule has 1 aliphatic carbocycles. The van der Waals surface area contributed by atoms with Crippen molar-refractivity contribution in [3.8, 4) is 0 Å². The highest BCUT2D eigenvalue weighted by Crippen LogP contribution is 2.43. The van der Waals surface area contributed by atoms with Crippen LogP contribution in [-0.2, 0) is 15.1 Å². The van der Waals surface area contributed by atoms with Gasteiger partial charge in [-0.15, -0.1) is 11.3 Å². The molecule has 0 bridgehead atoms. The number of ether oxygens (including phenoxy) is 1. The van der Waals surface area contributed by atoms with E-state index in [1.54, 1.807) is 0 Å². The smallest absolute Gasteiger partial charge is 0.344 e. The average Bonchev–Trinajstić information content (AvgIpc) is 3.19. The highest BCUT2D eigenvalue weighted by Gasteiger charge is 2.50. The minimum absolute atomic E-state index is 0.0115. The molecule has 2 heterocycles. The molecular formula is C17H26NO3S+. The minimum atomic E-state index is -1.45. The second kappa shape index (κ2) is 5.95. The highest BCUT2D eigenvalue weighted by atomic mass is 32.1. The van der Waals surface area contributed by atoms with Crippen molar-refractivity contribution in [2.24, 2.45) is 5.92 Å². The maximum Gasteiger partial charge on any atom is 0.344 e. The number of nitrogens with zero attached hydrogens (tertiary/aromatic N) is 1. The van der Waals surface area contributed by atoms with Crippen LogP contribution in [0.25, 0.3) is 0 Å². The van der Waals surface area contributed by atoms with Gasteiger partial charge in [-0.05, 0) is 24.3 Å². The Morgan fingerprint density at radius 3 is 2.64 bits per heavy atom. The molecule has 1 aromatic rings. The van der Waals surface area contributed by atoms with Crippen LogP contribution in [0.3, 0.4) is 0 Å². The van der Waals surface area contributed by atoms with E-state index in [1.807, 2.05) is 17.5 Å². The Balaban J connectivity index is 1.79. The Bertz CT molecular complexity index is 522. The van der Waals surface area contributed by atoms with Gasteiger partial charge in [0.15, 0.2) is 11.7 Å². The normalized spacial score (nSPS) is 27.7. The molecule has 1 saturated heterocycles. The summed E-state index contributed by atoms with van der Waals surface area (Å²) in [6, 6.07) is 3.75. The van der Waals surface area contributed by atoms with Crippen LogP contribution < -0.4 is 0 Å². The Kier molecular flexibility index (Phi) is 4.32. The Labute approximate surface area is 136 Å². The van der Waals surface area contributed by atoms with Crippen molar-refractivity contribution in [1.82, 2.24) is 0 Å². The molecule has 122 valence electrons. The van der Waals surface area contributed by atoms with Crippen LogP contribution in [0.15, 0.2) is 17.5 Å². The first-order chi connectivity index (χ1) is 10.4. The van der Waals surface area contributed by atoms with Crippen molar-refractivity contribution in [3.63, 3.8) is 0 Å². The van der Waals surface area contributed by atoms with Crippen molar-refractivity contribution in [1.29, 1.82) is 0 Å². The van der Waals surface area contributed by atoms with Gasteiger partial charge in [-0.25, -0.2) is 4.79 Å². The lowest BCUT2D eigenvalue weighted by Crippen LogP contribution is -2.45. The number of aliphatic hydroxyl groups is 1. The van der Waals surface area contributed by atoms with E-state index < -0.39 is 11.6 Å². The van der Waals surface area contributed by atoms with Gasteiger partial charge in [0, 0.05) is 17.2 Å². The third-order valence-corrected chi connectivity index (χ3v) is 6.18. The van der Waals surface area contributed by atoms with E-state index in [0.717, 1.165) is 54.6 Å². The number of hydrogen-bond donors (Lipinski definition) is 1. The molecule has 2 fully saturated rings. The standard InChI is InChI=1S/C17H26NO3S/c1-18(2)10-9-14(12-18)21-16(19)17(20,13-6-3-4-7-13)15-8-5-11-22-15/h5,8,11,13-14,20H,3-4,6-7,9-10,12H2,1-2H3/q+1/t14-,17?/m0/s1. The average molecular weight is 324 g/mol. The van der Waals surface area contributed by atoms with Crippen LogP contribution in [-0.4, -0.2) is 48.8 Å². The summed E-state index contributed by atoms with van der Waals surface area (Å²) in [4.78, 5) is 13.6. The largest absolute Gasteiger partial charge is 0.454 e. The zero-order valence-corrected chi connectivity index (χ0v) is 14.3. The number of rotatable bonds is 4. The first-order valence-electron chi connectivity index (χ1n) is 8.21. The molecule has 2 aliphatic rings. The molecule has 2 atom stereocenters. The molecule has 0 aromatic carbocycles. The van der Waals surface area contributed by atoms with Gasteiger partial charge in [-0.2, -0.15) is 0 Å². The molecule has 1 aliphatic heterocycles. The van der Waals surface area contributed by atoms with E-state index in [9.17, 15) is 9.90 Å². The number of esters is 1. The third kappa shape index (κ3) is 2.94. The molecule has 1 aromatic heterocycles. The van der Waals surface area contributed by atoms with E-state index >= 15 is 0 Å². The van der Waals surface area contributed by atoms with Crippen LogP contribution in [0.1, 0.15) is 37.0 Å². The summed E-state index contributed by atoms with van der Waals surface area (Å²) in [5, 5.41) is 13.2. The summed E-state index contributed by atoms with van der Waals surface area (Å²) >= 11 is 1.45. The lowest BCUT2D eigenvalue weighted by Gasteiger charge is -2.32. The van der Waals surface area contributed by atoms with Gasteiger partial charge in [0.2, 0.25) is 0 Å². The van der Waals surface area contributed by atoms with Crippen molar-refractivity contribution in [2.75, 3.05) is 27.2 Å². The fraction of sp³-hybridized carbons (Fsp3) is 0.706. The lowest BCUT2D eigenvalue weighted by molar-refractivity contribution is -0.879. The highest BCUT2D eigenvalue weighted by molar-refractivity contribution is 7.10. The predicted octanol–water partition coefficient (Wildman–Crippen LogP) is 2.52. The van der Waals surface area contributed by atoms with E-state index in [4.69, 9.17) is 4.74 Å². The third-order valence-electron chi connectivity index (χ3n) is 5.18. The molecule has 1 N–H and O–H groups in total. The Morgan fingerprint density at radius 2 is 2.09 bits per heavy atom. The van der Waals surface area contributed by atoms with Gasteiger partial charge in [-0.3, -0.25) is 0 Å². The molecule has 22 heavy (non-hydrogen) atoms. The molecular weight excluding hydrogens is 298 g/mol. The zero-order valence-electron chi connectivity index (χ0n) is 13.5. The van der Waals surface area contributed by atoms with Gasteiger partial charge in [0.1, 0.15) is 6.54 Å². The lowest BCUT2D eigenvalue weighted by atomic mass is 9.84. The van der Waals surface area contributed by atoms with Crippen molar-refractivity contribution in [3.05, 3.63) is 22.4 Å². The Hall–Kier alpha value is -0.910. The summed E-state index contributed by atoms with van der Waals surface area (Å²) in [6.45, 7) is 1.84. The van der Waals surface area contributed by atoms with E-state index in [-0.39, 0.29) is 12.0 Å². The van der Waals surface area contributed by atoms with Crippen molar-refractivity contribution < 1.29 is 19.1 Å². The summed E-state index contributed by atoms with van der Waals surface area (Å²) in [5.41, 5.74) is -1.45. The fourth-order valence-electron chi connectivity index (χ4n) is 3.87. The molecule has 0 amide bonds.